The van der Waals surface area contributed by atoms with Crippen molar-refractivity contribution in [3.8, 4) is 0 Å². The van der Waals surface area contributed by atoms with Crippen molar-refractivity contribution in [3.63, 3.8) is 0 Å². The predicted molar refractivity (Wildman–Crippen MR) is 99.7 cm³/mol. The van der Waals surface area contributed by atoms with Gasteiger partial charge in [-0.25, -0.2) is 9.69 Å². The zero-order valence-electron chi connectivity index (χ0n) is 15.2. The molecule has 3 rings (SSSR count). The Hall–Kier alpha value is -3.15. The van der Waals surface area contributed by atoms with Gasteiger partial charge in [0.25, 0.3) is 11.8 Å². The average molecular weight is 351 g/mol. The van der Waals surface area contributed by atoms with Gasteiger partial charge in [0.2, 0.25) is 0 Å². The largest absolute Gasteiger partial charge is 0.351 e. The highest BCUT2D eigenvalue weighted by molar-refractivity contribution is 6.39. The van der Waals surface area contributed by atoms with E-state index in [4.69, 9.17) is 0 Å². The SMILES string of the molecule is Cc1ccc(N2C(=O)NC(=O)/C(=C/c3ccn(C(C)C)c3)C2=O)cc1C. The number of anilines is 1. The number of aromatic nitrogens is 1. The van der Waals surface area contributed by atoms with Gasteiger partial charge in [0.1, 0.15) is 5.57 Å². The second kappa shape index (κ2) is 6.63. The Kier molecular flexibility index (Phi) is 4.50. The molecule has 0 atom stereocenters. The summed E-state index contributed by atoms with van der Waals surface area (Å²) >= 11 is 0. The number of urea groups is 1. The second-order valence-electron chi connectivity index (χ2n) is 6.71. The molecule has 1 fully saturated rings. The third-order valence-corrected chi connectivity index (χ3v) is 4.49. The number of carbonyl (C=O) groups excluding carboxylic acids is 3. The Balaban J connectivity index is 1.99. The topological polar surface area (TPSA) is 71.4 Å². The van der Waals surface area contributed by atoms with E-state index in [0.29, 0.717) is 5.69 Å². The van der Waals surface area contributed by atoms with Crippen LogP contribution in [-0.4, -0.2) is 22.4 Å². The van der Waals surface area contributed by atoms with Crippen LogP contribution in [0.5, 0.6) is 0 Å². The van der Waals surface area contributed by atoms with Crippen molar-refractivity contribution in [2.45, 2.75) is 33.7 Å². The minimum Gasteiger partial charge on any atom is -0.351 e. The average Bonchev–Trinajstić information content (AvgIpc) is 3.03. The molecule has 0 unspecified atom stereocenters. The fourth-order valence-electron chi connectivity index (χ4n) is 2.76. The van der Waals surface area contributed by atoms with Crippen LogP contribution in [0.2, 0.25) is 0 Å². The van der Waals surface area contributed by atoms with Crippen LogP contribution in [0.25, 0.3) is 6.08 Å². The first-order chi connectivity index (χ1) is 12.3. The summed E-state index contributed by atoms with van der Waals surface area (Å²) in [6, 6.07) is 6.66. The van der Waals surface area contributed by atoms with Crippen LogP contribution in [-0.2, 0) is 9.59 Å². The van der Waals surface area contributed by atoms with Gasteiger partial charge in [-0.05, 0) is 68.7 Å². The number of benzene rings is 1. The fraction of sp³-hybridized carbons (Fsp3) is 0.250. The number of nitrogens with one attached hydrogen (secondary N) is 1. The lowest BCUT2D eigenvalue weighted by Gasteiger charge is -2.26. The van der Waals surface area contributed by atoms with Crippen molar-refractivity contribution in [3.05, 3.63) is 58.9 Å². The van der Waals surface area contributed by atoms with E-state index in [9.17, 15) is 14.4 Å². The lowest BCUT2D eigenvalue weighted by Crippen LogP contribution is -2.54. The summed E-state index contributed by atoms with van der Waals surface area (Å²) in [6.07, 6.45) is 5.25. The Morgan fingerprint density at radius 1 is 1.04 bits per heavy atom. The third-order valence-electron chi connectivity index (χ3n) is 4.49. The summed E-state index contributed by atoms with van der Waals surface area (Å²) in [7, 11) is 0. The van der Waals surface area contributed by atoms with E-state index in [2.05, 4.69) is 5.32 Å². The van der Waals surface area contributed by atoms with E-state index in [1.165, 1.54) is 6.08 Å². The molecular formula is C20H21N3O3. The molecule has 26 heavy (non-hydrogen) atoms. The molecule has 0 bridgehead atoms. The van der Waals surface area contributed by atoms with Crippen molar-refractivity contribution in [2.24, 2.45) is 0 Å². The highest BCUT2D eigenvalue weighted by atomic mass is 16.2. The van der Waals surface area contributed by atoms with Crippen molar-refractivity contribution in [1.29, 1.82) is 0 Å². The van der Waals surface area contributed by atoms with Gasteiger partial charge in [-0.15, -0.1) is 0 Å². The molecule has 4 amide bonds. The second-order valence-corrected chi connectivity index (χ2v) is 6.71. The molecular weight excluding hydrogens is 330 g/mol. The van der Waals surface area contributed by atoms with E-state index in [1.54, 1.807) is 12.1 Å². The number of aryl methyl sites for hydroxylation is 2. The van der Waals surface area contributed by atoms with Gasteiger partial charge in [-0.1, -0.05) is 6.07 Å². The van der Waals surface area contributed by atoms with Crippen LogP contribution in [0, 0.1) is 13.8 Å². The van der Waals surface area contributed by atoms with Gasteiger partial charge in [-0.3, -0.25) is 14.9 Å². The van der Waals surface area contributed by atoms with Crippen LogP contribution in [0.3, 0.4) is 0 Å². The molecule has 1 N–H and O–H groups in total. The highest BCUT2D eigenvalue weighted by Crippen LogP contribution is 2.24. The Labute approximate surface area is 152 Å². The molecule has 1 aromatic carbocycles. The third kappa shape index (κ3) is 3.18. The van der Waals surface area contributed by atoms with Gasteiger partial charge >= 0.3 is 6.03 Å². The number of hydrogen-bond donors (Lipinski definition) is 1. The smallest absolute Gasteiger partial charge is 0.335 e. The molecule has 0 aliphatic carbocycles. The normalized spacial score (nSPS) is 16.6. The first-order valence-electron chi connectivity index (χ1n) is 8.44. The lowest BCUT2D eigenvalue weighted by atomic mass is 10.1. The van der Waals surface area contributed by atoms with Crippen molar-refractivity contribution in [2.75, 3.05) is 4.90 Å². The molecule has 2 aromatic rings. The van der Waals surface area contributed by atoms with Crippen molar-refractivity contribution < 1.29 is 14.4 Å². The number of barbiturate groups is 1. The van der Waals surface area contributed by atoms with Gasteiger partial charge in [0.15, 0.2) is 0 Å². The maximum Gasteiger partial charge on any atom is 0.335 e. The number of imide groups is 2. The summed E-state index contributed by atoms with van der Waals surface area (Å²) in [4.78, 5) is 38.3. The number of amides is 4. The maximum absolute atomic E-state index is 12.9. The lowest BCUT2D eigenvalue weighted by molar-refractivity contribution is -0.122. The summed E-state index contributed by atoms with van der Waals surface area (Å²) in [5.41, 5.74) is 3.12. The molecule has 0 radical (unpaired) electrons. The van der Waals surface area contributed by atoms with Gasteiger partial charge in [0.05, 0.1) is 5.69 Å². The van der Waals surface area contributed by atoms with E-state index in [1.807, 2.05) is 56.8 Å². The molecule has 6 nitrogen and oxygen atoms in total. The summed E-state index contributed by atoms with van der Waals surface area (Å²) in [5, 5.41) is 2.24. The standard InChI is InChI=1S/C20H21N3O3/c1-12(2)22-8-7-15(11-22)10-17-18(24)21-20(26)23(19(17)25)16-6-5-13(3)14(4)9-16/h5-12H,1-4H3,(H,21,24,26)/b17-10-. The number of hydrogen-bond acceptors (Lipinski definition) is 3. The minimum absolute atomic E-state index is 0.0654. The van der Waals surface area contributed by atoms with Crippen molar-refractivity contribution in [1.82, 2.24) is 9.88 Å². The van der Waals surface area contributed by atoms with Crippen LogP contribution in [0.4, 0.5) is 10.5 Å². The number of rotatable bonds is 3. The quantitative estimate of drug-likeness (QED) is 0.681. The van der Waals surface area contributed by atoms with E-state index >= 15 is 0 Å². The zero-order chi connectivity index (χ0) is 19.0. The minimum atomic E-state index is -0.736. The van der Waals surface area contributed by atoms with Crippen molar-refractivity contribution >= 4 is 29.6 Å². The molecule has 1 aromatic heterocycles. The Morgan fingerprint density at radius 3 is 2.38 bits per heavy atom. The zero-order valence-corrected chi connectivity index (χ0v) is 15.2. The van der Waals surface area contributed by atoms with E-state index < -0.39 is 17.8 Å². The highest BCUT2D eigenvalue weighted by Gasteiger charge is 2.36. The first-order valence-corrected chi connectivity index (χ1v) is 8.44. The van der Waals surface area contributed by atoms with Crippen LogP contribution < -0.4 is 10.2 Å². The van der Waals surface area contributed by atoms with Gasteiger partial charge < -0.3 is 4.57 Å². The maximum atomic E-state index is 12.9. The molecule has 0 saturated carbocycles. The van der Waals surface area contributed by atoms with Gasteiger partial charge in [0, 0.05) is 18.4 Å². The summed E-state index contributed by atoms with van der Waals surface area (Å²) in [6.45, 7) is 7.93. The van der Waals surface area contributed by atoms with Gasteiger partial charge in [-0.2, -0.15) is 0 Å². The molecule has 134 valence electrons. The molecule has 1 saturated heterocycles. The molecule has 0 spiro atoms. The Morgan fingerprint density at radius 2 is 1.77 bits per heavy atom. The molecule has 6 heteroatoms. The van der Waals surface area contributed by atoms with E-state index in [0.717, 1.165) is 21.6 Å². The summed E-state index contributed by atoms with van der Waals surface area (Å²) in [5.74, 6) is -1.31. The molecule has 1 aliphatic rings. The monoisotopic (exact) mass is 351 g/mol. The van der Waals surface area contributed by atoms with Crippen LogP contribution in [0.1, 0.15) is 36.6 Å². The molecule has 1 aliphatic heterocycles. The predicted octanol–water partition coefficient (Wildman–Crippen LogP) is 3.35. The Bertz CT molecular complexity index is 938. The van der Waals surface area contributed by atoms with Crippen LogP contribution >= 0.6 is 0 Å². The summed E-state index contributed by atoms with van der Waals surface area (Å²) < 4.78 is 1.98. The number of carbonyl (C=O) groups is 3. The van der Waals surface area contributed by atoms with Crippen LogP contribution in [0.15, 0.2) is 42.2 Å². The number of nitrogens with zero attached hydrogens (tertiary/aromatic N) is 2. The first kappa shape index (κ1) is 17.7. The van der Waals surface area contributed by atoms with E-state index in [-0.39, 0.29) is 11.6 Å². The fourth-order valence-corrected chi connectivity index (χ4v) is 2.76. The molecule has 2 heterocycles.